The molecule has 0 saturated carbocycles. The molecule has 0 amide bonds. The van der Waals surface area contributed by atoms with Crippen LogP contribution in [0, 0.1) is 31.0 Å². The van der Waals surface area contributed by atoms with Crippen LogP contribution in [0.25, 0.3) is 0 Å². The van der Waals surface area contributed by atoms with Crippen molar-refractivity contribution in [1.82, 2.24) is 0 Å². The average Bonchev–Trinajstić information content (AvgIpc) is 2.90. The fourth-order valence-corrected chi connectivity index (χ4v) is 6.60. The van der Waals surface area contributed by atoms with Gasteiger partial charge >= 0.3 is 0 Å². The second-order valence-corrected chi connectivity index (χ2v) is 11.6. The predicted molar refractivity (Wildman–Crippen MR) is 154 cm³/mol. The second-order valence-electron chi connectivity index (χ2n) is 9.67. The molecule has 5 rings (SSSR count). The average molecular weight is 589 g/mol. The molecule has 1 atom stereocenters. The third-order valence-corrected chi connectivity index (χ3v) is 8.81. The molecule has 0 radical (unpaired) electrons. The third-order valence-electron chi connectivity index (χ3n) is 7.22. The Labute approximate surface area is 235 Å². The summed E-state index contributed by atoms with van der Waals surface area (Å²) in [5.74, 6) is 0.361. The van der Waals surface area contributed by atoms with Gasteiger partial charge in [-0.2, -0.15) is 5.26 Å². The van der Waals surface area contributed by atoms with Crippen molar-refractivity contribution < 1.29 is 9.18 Å². The summed E-state index contributed by atoms with van der Waals surface area (Å²) < 4.78 is 14.3. The van der Waals surface area contributed by atoms with Gasteiger partial charge in [0.25, 0.3) is 0 Å². The van der Waals surface area contributed by atoms with Gasteiger partial charge in [-0.25, -0.2) is 4.39 Å². The van der Waals surface area contributed by atoms with E-state index in [1.165, 1.54) is 12.1 Å². The summed E-state index contributed by atoms with van der Waals surface area (Å²) in [5, 5.41) is 10.4. The number of carbonyl (C=O) groups excluding carboxylic acids is 1. The Balaban J connectivity index is 1.62. The number of Topliss-reactive ketones (excluding diaryl/α,β-unsaturated/α-hetero) is 1. The minimum atomic E-state index is -0.510. The molecule has 2 aliphatic rings. The summed E-state index contributed by atoms with van der Waals surface area (Å²) in [7, 11) is 0. The number of allylic oxidation sites excluding steroid dienone is 3. The zero-order valence-corrected chi connectivity index (χ0v) is 23.6. The molecule has 1 heterocycles. The fourth-order valence-electron chi connectivity index (χ4n) is 5.39. The van der Waals surface area contributed by atoms with Crippen molar-refractivity contribution in [3.8, 4) is 6.07 Å². The molecule has 1 unspecified atom stereocenters. The lowest BCUT2D eigenvalue weighted by Crippen LogP contribution is -2.39. The van der Waals surface area contributed by atoms with E-state index >= 15 is 0 Å². The van der Waals surface area contributed by atoms with E-state index in [0.29, 0.717) is 35.6 Å². The van der Waals surface area contributed by atoms with Gasteiger partial charge in [0.2, 0.25) is 0 Å². The van der Waals surface area contributed by atoms with Gasteiger partial charge in [-0.1, -0.05) is 33.6 Å². The smallest absolute Gasteiger partial charge is 0.161 e. The molecule has 38 heavy (non-hydrogen) atoms. The van der Waals surface area contributed by atoms with Crippen LogP contribution >= 0.6 is 27.7 Å². The Bertz CT molecular complexity index is 1520. The molecule has 0 saturated heterocycles. The van der Waals surface area contributed by atoms with E-state index in [0.717, 1.165) is 49.4 Å². The number of ketones is 1. The molecule has 3 aromatic rings. The quantitative estimate of drug-likeness (QED) is 0.308. The molecule has 1 aliphatic carbocycles. The van der Waals surface area contributed by atoms with Crippen LogP contribution in [0.5, 0.6) is 0 Å². The van der Waals surface area contributed by atoms with Gasteiger partial charge in [0, 0.05) is 38.5 Å². The second kappa shape index (κ2) is 10.8. The molecule has 2 N–H and O–H groups in total. The van der Waals surface area contributed by atoms with Crippen LogP contribution in [0.3, 0.4) is 0 Å². The molecule has 0 bridgehead atoms. The SMILES string of the molecule is Cc1cc(CSc2ccc(F)cc2)c(C)c(C2C(C#N)=C(N)N(c3ccc(Br)cc3)C3=C2C(=O)CCC3)c1. The van der Waals surface area contributed by atoms with Crippen molar-refractivity contribution in [2.45, 2.75) is 49.7 Å². The van der Waals surface area contributed by atoms with E-state index < -0.39 is 5.92 Å². The molecule has 4 nitrogen and oxygen atoms in total. The van der Waals surface area contributed by atoms with E-state index in [2.05, 4.69) is 41.1 Å². The van der Waals surface area contributed by atoms with Crippen molar-refractivity contribution in [3.05, 3.63) is 116 Å². The number of rotatable bonds is 5. The highest BCUT2D eigenvalue weighted by atomic mass is 79.9. The van der Waals surface area contributed by atoms with Gasteiger partial charge in [-0.15, -0.1) is 11.8 Å². The van der Waals surface area contributed by atoms with Gasteiger partial charge in [-0.05, 0) is 91.9 Å². The summed E-state index contributed by atoms with van der Waals surface area (Å²) in [5.41, 5.74) is 13.7. The topological polar surface area (TPSA) is 70.1 Å². The molecule has 7 heteroatoms. The number of nitrogens with zero attached hydrogens (tertiary/aromatic N) is 2. The molecule has 3 aromatic carbocycles. The number of carbonyl (C=O) groups is 1. The van der Waals surface area contributed by atoms with Crippen LogP contribution in [0.4, 0.5) is 10.1 Å². The van der Waals surface area contributed by atoms with Crippen LogP contribution in [0.2, 0.25) is 0 Å². The molecule has 0 spiro atoms. The van der Waals surface area contributed by atoms with Gasteiger partial charge in [0.05, 0.1) is 17.6 Å². The lowest BCUT2D eigenvalue weighted by Gasteiger charge is -2.40. The monoisotopic (exact) mass is 587 g/mol. The summed E-state index contributed by atoms with van der Waals surface area (Å²) in [6.45, 7) is 4.08. The normalized spacial score (nSPS) is 17.5. The maximum atomic E-state index is 13.5. The minimum Gasteiger partial charge on any atom is -0.384 e. The predicted octanol–water partition coefficient (Wildman–Crippen LogP) is 7.80. The Morgan fingerprint density at radius 3 is 2.50 bits per heavy atom. The number of hydrogen-bond donors (Lipinski definition) is 1. The van der Waals surface area contributed by atoms with E-state index in [4.69, 9.17) is 5.73 Å². The summed E-state index contributed by atoms with van der Waals surface area (Å²) >= 11 is 5.11. The number of nitriles is 1. The highest BCUT2D eigenvalue weighted by Crippen LogP contribution is 2.47. The first-order valence-corrected chi connectivity index (χ1v) is 14.3. The lowest BCUT2D eigenvalue weighted by molar-refractivity contribution is -0.116. The minimum absolute atomic E-state index is 0.0711. The maximum absolute atomic E-state index is 13.5. The zero-order chi connectivity index (χ0) is 27.0. The van der Waals surface area contributed by atoms with Crippen molar-refractivity contribution >= 4 is 39.2 Å². The van der Waals surface area contributed by atoms with E-state index in [1.54, 1.807) is 23.9 Å². The molecular weight excluding hydrogens is 561 g/mol. The Morgan fingerprint density at radius 1 is 1.11 bits per heavy atom. The number of thioether (sulfide) groups is 1. The number of halogens is 2. The molecular formula is C31H27BrFN3OS. The van der Waals surface area contributed by atoms with E-state index in [-0.39, 0.29) is 11.6 Å². The lowest BCUT2D eigenvalue weighted by atomic mass is 9.73. The standard InChI is InChI=1S/C31H27BrFN3OS/c1-18-14-20(17-38-24-12-8-22(33)9-13-24)19(2)25(15-18)29-26(16-34)31(35)36(23-10-6-21(32)7-11-23)27-4-3-5-28(37)30(27)29/h6-15,29H,3-5,17,35H2,1-2H3. The number of hydrogen-bond acceptors (Lipinski definition) is 5. The van der Waals surface area contributed by atoms with Crippen LogP contribution in [0.15, 0.2) is 92.7 Å². The number of aryl methyl sites for hydroxylation is 1. The zero-order valence-electron chi connectivity index (χ0n) is 21.2. The first-order chi connectivity index (χ1) is 18.3. The highest BCUT2D eigenvalue weighted by molar-refractivity contribution is 9.10. The van der Waals surface area contributed by atoms with Crippen LogP contribution in [-0.2, 0) is 10.5 Å². The van der Waals surface area contributed by atoms with Gasteiger partial charge < -0.3 is 5.73 Å². The molecule has 1 aliphatic heterocycles. The first-order valence-electron chi connectivity index (χ1n) is 12.5. The largest absolute Gasteiger partial charge is 0.384 e. The summed E-state index contributed by atoms with van der Waals surface area (Å²) in [6, 6.07) is 20.8. The Morgan fingerprint density at radius 2 is 1.82 bits per heavy atom. The third kappa shape index (κ3) is 4.91. The number of anilines is 1. The molecule has 192 valence electrons. The van der Waals surface area contributed by atoms with Crippen LogP contribution in [-0.4, -0.2) is 5.78 Å². The van der Waals surface area contributed by atoms with Gasteiger partial charge in [0.15, 0.2) is 5.78 Å². The maximum Gasteiger partial charge on any atom is 0.161 e. The van der Waals surface area contributed by atoms with Crippen LogP contribution in [0.1, 0.15) is 47.4 Å². The highest BCUT2D eigenvalue weighted by Gasteiger charge is 2.41. The summed E-state index contributed by atoms with van der Waals surface area (Å²) in [6.07, 6.45) is 1.92. The van der Waals surface area contributed by atoms with Crippen molar-refractivity contribution in [2.75, 3.05) is 4.90 Å². The summed E-state index contributed by atoms with van der Waals surface area (Å²) in [4.78, 5) is 16.4. The fraction of sp³-hybridized carbons (Fsp3) is 0.226. The van der Waals surface area contributed by atoms with Gasteiger partial charge in [-0.3, -0.25) is 9.69 Å². The van der Waals surface area contributed by atoms with Gasteiger partial charge in [0.1, 0.15) is 11.6 Å². The first kappa shape index (κ1) is 26.3. The number of nitrogens with two attached hydrogens (primary N) is 1. The Kier molecular flexibility index (Phi) is 7.47. The van der Waals surface area contributed by atoms with Crippen LogP contribution < -0.4 is 10.6 Å². The van der Waals surface area contributed by atoms with Crippen molar-refractivity contribution in [2.24, 2.45) is 5.73 Å². The van der Waals surface area contributed by atoms with E-state index in [1.807, 2.05) is 36.1 Å². The van der Waals surface area contributed by atoms with Crippen molar-refractivity contribution in [1.29, 1.82) is 5.26 Å². The van der Waals surface area contributed by atoms with E-state index in [9.17, 15) is 14.4 Å². The molecule has 0 aromatic heterocycles. The molecule has 0 fully saturated rings. The Hall–Kier alpha value is -3.34. The van der Waals surface area contributed by atoms with Crippen molar-refractivity contribution in [3.63, 3.8) is 0 Å². The number of benzene rings is 3.